The molecule has 1 aliphatic carbocycles. The average Bonchev–Trinajstić information content (AvgIpc) is 3.37. The zero-order valence-corrected chi connectivity index (χ0v) is 12.5. The average molecular weight is 281 g/mol. The Morgan fingerprint density at radius 3 is 2.95 bits per heavy atom. The van der Waals surface area contributed by atoms with Gasteiger partial charge in [-0.25, -0.2) is 0 Å². The van der Waals surface area contributed by atoms with Crippen molar-refractivity contribution in [1.29, 1.82) is 0 Å². The summed E-state index contributed by atoms with van der Waals surface area (Å²) in [6.45, 7) is 3.53. The number of hydrogen-bond acceptors (Lipinski definition) is 3. The van der Waals surface area contributed by atoms with Gasteiger partial charge in [0.2, 0.25) is 0 Å². The van der Waals surface area contributed by atoms with E-state index >= 15 is 0 Å². The third-order valence-electron chi connectivity index (χ3n) is 4.76. The van der Waals surface area contributed by atoms with Gasteiger partial charge in [-0.1, -0.05) is 18.2 Å². The van der Waals surface area contributed by atoms with Crippen LogP contribution in [0.2, 0.25) is 0 Å². The summed E-state index contributed by atoms with van der Waals surface area (Å²) in [5.74, 6) is 0.784. The maximum absolute atomic E-state index is 4.48. The molecule has 1 aromatic heterocycles. The summed E-state index contributed by atoms with van der Waals surface area (Å²) in [5, 5.41) is 4.98. The van der Waals surface area contributed by atoms with E-state index in [4.69, 9.17) is 0 Å². The molecule has 1 saturated carbocycles. The van der Waals surface area contributed by atoms with Gasteiger partial charge in [0, 0.05) is 36.4 Å². The number of anilines is 1. The zero-order valence-electron chi connectivity index (χ0n) is 12.5. The number of hydrogen-bond donors (Lipinski definition) is 1. The number of pyridine rings is 1. The Kier molecular flexibility index (Phi) is 3.52. The van der Waals surface area contributed by atoms with Crippen LogP contribution in [-0.2, 0) is 0 Å². The van der Waals surface area contributed by atoms with Crippen LogP contribution < -0.4 is 10.2 Å². The number of rotatable bonds is 4. The molecule has 0 amide bonds. The van der Waals surface area contributed by atoms with Crippen LogP contribution >= 0.6 is 0 Å². The largest absolute Gasteiger partial charge is 0.371 e. The molecule has 1 aromatic carbocycles. The predicted octanol–water partition coefficient (Wildman–Crippen LogP) is 3.20. The van der Waals surface area contributed by atoms with Gasteiger partial charge in [0.25, 0.3) is 0 Å². The molecule has 0 spiro atoms. The summed E-state index contributed by atoms with van der Waals surface area (Å²) in [4.78, 5) is 7.05. The van der Waals surface area contributed by atoms with E-state index < -0.39 is 0 Å². The highest BCUT2D eigenvalue weighted by Crippen LogP contribution is 2.29. The summed E-state index contributed by atoms with van der Waals surface area (Å²) in [5.41, 5.74) is 2.46. The first-order valence-corrected chi connectivity index (χ1v) is 8.22. The van der Waals surface area contributed by atoms with Crippen molar-refractivity contribution in [1.82, 2.24) is 10.3 Å². The number of para-hydroxylation sites is 1. The second kappa shape index (κ2) is 5.64. The van der Waals surface area contributed by atoms with Crippen molar-refractivity contribution in [3.05, 3.63) is 36.5 Å². The second-order valence-corrected chi connectivity index (χ2v) is 6.48. The van der Waals surface area contributed by atoms with E-state index in [-0.39, 0.29) is 0 Å². The summed E-state index contributed by atoms with van der Waals surface area (Å²) < 4.78 is 0. The van der Waals surface area contributed by atoms with Crippen molar-refractivity contribution in [3.63, 3.8) is 0 Å². The fourth-order valence-corrected chi connectivity index (χ4v) is 3.43. The van der Waals surface area contributed by atoms with Crippen molar-refractivity contribution < 1.29 is 0 Å². The minimum absolute atomic E-state index is 0.784. The van der Waals surface area contributed by atoms with Crippen LogP contribution in [0.5, 0.6) is 0 Å². The van der Waals surface area contributed by atoms with Crippen LogP contribution in [0.4, 0.5) is 5.69 Å². The van der Waals surface area contributed by atoms with Gasteiger partial charge in [0.05, 0.1) is 5.52 Å². The molecule has 21 heavy (non-hydrogen) atoms. The van der Waals surface area contributed by atoms with Crippen molar-refractivity contribution >= 4 is 16.6 Å². The highest BCUT2D eigenvalue weighted by molar-refractivity contribution is 5.91. The molecule has 2 aliphatic rings. The third-order valence-corrected chi connectivity index (χ3v) is 4.76. The van der Waals surface area contributed by atoms with E-state index in [2.05, 4.69) is 45.5 Å². The molecular formula is C18H23N3. The quantitative estimate of drug-likeness (QED) is 0.933. The first-order valence-electron chi connectivity index (χ1n) is 8.22. The van der Waals surface area contributed by atoms with Gasteiger partial charge in [0.15, 0.2) is 0 Å². The number of fused-ring (bicyclic) bond motifs is 1. The Morgan fingerprint density at radius 1 is 1.14 bits per heavy atom. The smallest absolute Gasteiger partial charge is 0.0722 e. The fourth-order valence-electron chi connectivity index (χ4n) is 3.43. The van der Waals surface area contributed by atoms with E-state index in [9.17, 15) is 0 Å². The molecule has 2 heterocycles. The molecular weight excluding hydrogens is 258 g/mol. The highest BCUT2D eigenvalue weighted by Gasteiger charge is 2.25. The molecule has 1 atom stereocenters. The van der Waals surface area contributed by atoms with Gasteiger partial charge >= 0.3 is 0 Å². The maximum Gasteiger partial charge on any atom is 0.0722 e. The van der Waals surface area contributed by atoms with Gasteiger partial charge in [0.1, 0.15) is 0 Å². The fraction of sp³-hybridized carbons (Fsp3) is 0.500. The molecule has 0 bridgehead atoms. The van der Waals surface area contributed by atoms with Crippen molar-refractivity contribution in [2.24, 2.45) is 5.92 Å². The second-order valence-electron chi connectivity index (χ2n) is 6.48. The number of benzene rings is 1. The topological polar surface area (TPSA) is 28.2 Å². The Hall–Kier alpha value is -1.61. The Morgan fingerprint density at radius 2 is 2.05 bits per heavy atom. The van der Waals surface area contributed by atoms with Crippen LogP contribution in [0.1, 0.15) is 25.7 Å². The van der Waals surface area contributed by atoms with Crippen LogP contribution in [0, 0.1) is 5.92 Å². The molecule has 2 fully saturated rings. The van der Waals surface area contributed by atoms with Gasteiger partial charge in [-0.3, -0.25) is 4.98 Å². The monoisotopic (exact) mass is 281 g/mol. The van der Waals surface area contributed by atoms with Crippen LogP contribution in [0.15, 0.2) is 36.5 Å². The Bertz CT molecular complexity index is 615. The summed E-state index contributed by atoms with van der Waals surface area (Å²) in [7, 11) is 0. The third kappa shape index (κ3) is 2.88. The molecule has 3 heteroatoms. The van der Waals surface area contributed by atoms with E-state index in [1.54, 1.807) is 0 Å². The molecule has 1 unspecified atom stereocenters. The van der Waals surface area contributed by atoms with Gasteiger partial charge in [-0.05, 0) is 50.3 Å². The van der Waals surface area contributed by atoms with Gasteiger partial charge in [-0.2, -0.15) is 0 Å². The van der Waals surface area contributed by atoms with Crippen molar-refractivity contribution in [2.45, 2.75) is 31.7 Å². The first kappa shape index (κ1) is 13.1. The van der Waals surface area contributed by atoms with Crippen LogP contribution in [-0.4, -0.2) is 30.7 Å². The molecule has 110 valence electrons. The van der Waals surface area contributed by atoms with Gasteiger partial charge in [-0.15, -0.1) is 0 Å². The first-order chi connectivity index (χ1) is 10.4. The number of nitrogens with one attached hydrogen (secondary N) is 1. The van der Waals surface area contributed by atoms with Gasteiger partial charge < -0.3 is 10.2 Å². The molecule has 3 nitrogen and oxygen atoms in total. The van der Waals surface area contributed by atoms with E-state index in [0.29, 0.717) is 0 Å². The Labute approximate surface area is 126 Å². The van der Waals surface area contributed by atoms with E-state index in [1.165, 1.54) is 56.4 Å². The number of aromatic nitrogens is 1. The summed E-state index contributed by atoms with van der Waals surface area (Å²) in [6.07, 6.45) is 7.37. The minimum Gasteiger partial charge on any atom is -0.371 e. The molecule has 0 radical (unpaired) electrons. The van der Waals surface area contributed by atoms with E-state index in [0.717, 1.165) is 17.5 Å². The number of nitrogens with zero attached hydrogens (tertiary/aromatic N) is 2. The lowest BCUT2D eigenvalue weighted by atomic mass is 9.97. The zero-order chi connectivity index (χ0) is 14.1. The SMILES string of the molecule is c1ccc2c(N3CCCC(CNC4CC4)C3)ccnc2c1. The lowest BCUT2D eigenvalue weighted by Gasteiger charge is -2.35. The predicted molar refractivity (Wildman–Crippen MR) is 87.7 cm³/mol. The molecule has 1 saturated heterocycles. The van der Waals surface area contributed by atoms with Crippen molar-refractivity contribution in [2.75, 3.05) is 24.5 Å². The van der Waals surface area contributed by atoms with Crippen LogP contribution in [0.3, 0.4) is 0 Å². The summed E-state index contributed by atoms with van der Waals surface area (Å²) in [6, 6.07) is 11.5. The lowest BCUT2D eigenvalue weighted by Crippen LogP contribution is -2.40. The number of piperidine rings is 1. The lowest BCUT2D eigenvalue weighted by molar-refractivity contribution is 0.391. The van der Waals surface area contributed by atoms with Crippen LogP contribution in [0.25, 0.3) is 10.9 Å². The standard InChI is InChI=1S/C18H23N3/c1-2-6-17-16(5-1)18(9-10-19-17)21-11-3-4-14(13-21)12-20-15-7-8-15/h1-2,5-6,9-10,14-15,20H,3-4,7-8,11-13H2. The Balaban J connectivity index is 1.53. The molecule has 1 aliphatic heterocycles. The minimum atomic E-state index is 0.784. The molecule has 4 rings (SSSR count). The maximum atomic E-state index is 4.48. The molecule has 1 N–H and O–H groups in total. The summed E-state index contributed by atoms with van der Waals surface area (Å²) >= 11 is 0. The van der Waals surface area contributed by atoms with Crippen molar-refractivity contribution in [3.8, 4) is 0 Å². The highest BCUT2D eigenvalue weighted by atomic mass is 15.1. The van der Waals surface area contributed by atoms with E-state index in [1.807, 2.05) is 6.20 Å². The normalized spacial score (nSPS) is 22.7. The molecule has 2 aromatic rings.